The van der Waals surface area contributed by atoms with E-state index in [1.807, 2.05) is 0 Å². The highest BCUT2D eigenvalue weighted by Gasteiger charge is 2.28. The van der Waals surface area contributed by atoms with Crippen molar-refractivity contribution in [2.75, 3.05) is 13.6 Å². The maximum Gasteiger partial charge on any atom is 0.390 e. The number of hydrogen-bond donors (Lipinski definition) is 0. The molecular weight excluding hydrogens is 334 g/mol. The molecule has 1 aromatic carbocycles. The van der Waals surface area contributed by atoms with Gasteiger partial charge in [0.2, 0.25) is 0 Å². The van der Waals surface area contributed by atoms with Gasteiger partial charge in [0.1, 0.15) is 0 Å². The minimum Gasteiger partial charge on any atom is -0.341 e. The molecule has 18 heavy (non-hydrogen) atoms. The molecule has 2 nitrogen and oxygen atoms in total. The van der Waals surface area contributed by atoms with Gasteiger partial charge in [0, 0.05) is 18.1 Å². The van der Waals surface area contributed by atoms with Crippen LogP contribution >= 0.6 is 27.5 Å². The second-order valence-corrected chi connectivity index (χ2v) is 5.04. The van der Waals surface area contributed by atoms with Gasteiger partial charge in [-0.1, -0.05) is 27.5 Å². The third kappa shape index (κ3) is 4.49. The molecule has 0 unspecified atom stereocenters. The van der Waals surface area contributed by atoms with Crippen LogP contribution in [0, 0.1) is 0 Å². The second-order valence-electron chi connectivity index (χ2n) is 3.72. The van der Waals surface area contributed by atoms with Crippen molar-refractivity contribution < 1.29 is 18.0 Å². The lowest BCUT2D eigenvalue weighted by Gasteiger charge is -2.18. The molecule has 0 saturated carbocycles. The average Bonchev–Trinajstić information content (AvgIpc) is 2.24. The zero-order valence-electron chi connectivity index (χ0n) is 9.39. The predicted molar refractivity (Wildman–Crippen MR) is 66.8 cm³/mol. The van der Waals surface area contributed by atoms with Gasteiger partial charge in [-0.25, -0.2) is 0 Å². The largest absolute Gasteiger partial charge is 0.390 e. The SMILES string of the molecule is CN(CCC(F)(F)F)C(=O)c1ccc(Br)cc1Cl. The third-order valence-electron chi connectivity index (χ3n) is 2.24. The summed E-state index contributed by atoms with van der Waals surface area (Å²) in [6.07, 6.45) is -5.32. The summed E-state index contributed by atoms with van der Waals surface area (Å²) in [4.78, 5) is 12.9. The van der Waals surface area contributed by atoms with E-state index >= 15 is 0 Å². The van der Waals surface area contributed by atoms with Crippen LogP contribution in [0.1, 0.15) is 16.8 Å². The Labute approximate surface area is 116 Å². The summed E-state index contributed by atoms with van der Waals surface area (Å²) in [5.74, 6) is -0.531. The Morgan fingerprint density at radius 1 is 1.44 bits per heavy atom. The molecule has 1 amide bonds. The molecule has 7 heteroatoms. The van der Waals surface area contributed by atoms with Gasteiger partial charge >= 0.3 is 6.18 Å². The Bertz CT molecular complexity index is 450. The third-order valence-corrected chi connectivity index (χ3v) is 3.04. The van der Waals surface area contributed by atoms with Crippen molar-refractivity contribution in [2.45, 2.75) is 12.6 Å². The molecule has 0 fully saturated rings. The molecule has 0 radical (unpaired) electrons. The number of carbonyl (C=O) groups excluding carboxylic acids is 1. The molecule has 0 spiro atoms. The summed E-state index contributed by atoms with van der Waals surface area (Å²) in [7, 11) is 1.31. The van der Waals surface area contributed by atoms with Gasteiger partial charge in [0.05, 0.1) is 17.0 Å². The number of benzene rings is 1. The zero-order valence-corrected chi connectivity index (χ0v) is 11.7. The molecule has 0 saturated heterocycles. The van der Waals surface area contributed by atoms with Gasteiger partial charge < -0.3 is 4.90 Å². The van der Waals surface area contributed by atoms with E-state index in [2.05, 4.69) is 15.9 Å². The van der Waals surface area contributed by atoms with Gasteiger partial charge in [0.25, 0.3) is 5.91 Å². The second kappa shape index (κ2) is 5.93. The van der Waals surface area contributed by atoms with Crippen LogP contribution in [-0.2, 0) is 0 Å². The first kappa shape index (κ1) is 15.3. The highest BCUT2D eigenvalue weighted by atomic mass is 79.9. The van der Waals surface area contributed by atoms with E-state index in [4.69, 9.17) is 11.6 Å². The van der Waals surface area contributed by atoms with Crippen molar-refractivity contribution in [3.63, 3.8) is 0 Å². The minimum absolute atomic E-state index is 0.185. The van der Waals surface area contributed by atoms with E-state index in [1.54, 1.807) is 6.07 Å². The van der Waals surface area contributed by atoms with Crippen molar-refractivity contribution >= 4 is 33.4 Å². The molecule has 1 rings (SSSR count). The minimum atomic E-state index is -4.28. The van der Waals surface area contributed by atoms with Crippen LogP contribution in [0.4, 0.5) is 13.2 Å². The molecule has 1 aromatic rings. The van der Waals surface area contributed by atoms with Crippen LogP contribution in [0.5, 0.6) is 0 Å². The smallest absolute Gasteiger partial charge is 0.341 e. The number of alkyl halides is 3. The van der Waals surface area contributed by atoms with Crippen LogP contribution in [0.2, 0.25) is 5.02 Å². The molecule has 0 aliphatic carbocycles. The summed E-state index contributed by atoms with van der Waals surface area (Å²) in [6.45, 7) is -0.394. The standard InChI is InChI=1S/C11H10BrClF3NO/c1-17(5-4-11(14,15)16)10(18)8-3-2-7(12)6-9(8)13/h2-3,6H,4-5H2,1H3. The Hall–Kier alpha value is -0.750. The van der Waals surface area contributed by atoms with Crippen LogP contribution < -0.4 is 0 Å². The van der Waals surface area contributed by atoms with Crippen LogP contribution in [0.15, 0.2) is 22.7 Å². The summed E-state index contributed by atoms with van der Waals surface area (Å²) in [5, 5.41) is 0.202. The van der Waals surface area contributed by atoms with Gasteiger partial charge in [-0.15, -0.1) is 0 Å². The summed E-state index contributed by atoms with van der Waals surface area (Å²) in [5.41, 5.74) is 0.185. The molecule has 0 aliphatic rings. The zero-order chi connectivity index (χ0) is 13.9. The maximum atomic E-state index is 12.0. The van der Waals surface area contributed by atoms with Crippen molar-refractivity contribution in [3.8, 4) is 0 Å². The van der Waals surface area contributed by atoms with Gasteiger partial charge in [-0.3, -0.25) is 4.79 Å². The fourth-order valence-electron chi connectivity index (χ4n) is 1.26. The van der Waals surface area contributed by atoms with Gasteiger partial charge in [-0.05, 0) is 18.2 Å². The highest BCUT2D eigenvalue weighted by molar-refractivity contribution is 9.10. The number of rotatable bonds is 3. The van der Waals surface area contributed by atoms with Crippen LogP contribution in [0.25, 0.3) is 0 Å². The summed E-state index contributed by atoms with van der Waals surface area (Å²) < 4.78 is 36.8. The number of halogens is 5. The highest BCUT2D eigenvalue weighted by Crippen LogP contribution is 2.24. The van der Waals surface area contributed by atoms with E-state index in [0.717, 1.165) is 4.90 Å². The Balaban J connectivity index is 2.74. The van der Waals surface area contributed by atoms with Crippen LogP contribution in [0.3, 0.4) is 0 Å². The Morgan fingerprint density at radius 2 is 2.06 bits per heavy atom. The monoisotopic (exact) mass is 343 g/mol. The first-order valence-electron chi connectivity index (χ1n) is 4.98. The Kier molecular flexibility index (Phi) is 5.04. The lowest BCUT2D eigenvalue weighted by Crippen LogP contribution is -2.30. The van der Waals surface area contributed by atoms with E-state index < -0.39 is 25.0 Å². The summed E-state index contributed by atoms with van der Waals surface area (Å²) >= 11 is 9.04. The first-order valence-corrected chi connectivity index (χ1v) is 6.15. The van der Waals surface area contributed by atoms with E-state index in [-0.39, 0.29) is 10.6 Å². The van der Waals surface area contributed by atoms with Crippen molar-refractivity contribution in [2.24, 2.45) is 0 Å². The maximum absolute atomic E-state index is 12.0. The van der Waals surface area contributed by atoms with Gasteiger partial charge in [0.15, 0.2) is 0 Å². The predicted octanol–water partition coefficient (Wildman–Crippen LogP) is 4.13. The van der Waals surface area contributed by atoms with Crippen LogP contribution in [-0.4, -0.2) is 30.6 Å². The van der Waals surface area contributed by atoms with E-state index in [9.17, 15) is 18.0 Å². The molecular formula is C11H10BrClF3NO. The van der Waals surface area contributed by atoms with E-state index in [0.29, 0.717) is 4.47 Å². The first-order chi connectivity index (χ1) is 8.20. The van der Waals surface area contributed by atoms with Crippen molar-refractivity contribution in [1.82, 2.24) is 4.90 Å². The average molecular weight is 345 g/mol. The molecule has 0 aliphatic heterocycles. The normalized spacial score (nSPS) is 11.4. The molecule has 0 atom stereocenters. The molecule has 100 valence electrons. The van der Waals surface area contributed by atoms with E-state index in [1.165, 1.54) is 19.2 Å². The number of amides is 1. The molecule has 0 heterocycles. The van der Waals surface area contributed by atoms with Gasteiger partial charge in [-0.2, -0.15) is 13.2 Å². The topological polar surface area (TPSA) is 20.3 Å². The lowest BCUT2D eigenvalue weighted by atomic mass is 10.2. The van der Waals surface area contributed by atoms with Crippen molar-refractivity contribution in [3.05, 3.63) is 33.3 Å². The Morgan fingerprint density at radius 3 is 2.56 bits per heavy atom. The number of carbonyl (C=O) groups is 1. The summed E-state index contributed by atoms with van der Waals surface area (Å²) in [6, 6.07) is 4.60. The molecule has 0 aromatic heterocycles. The molecule has 0 bridgehead atoms. The number of hydrogen-bond acceptors (Lipinski definition) is 1. The van der Waals surface area contributed by atoms with Crippen molar-refractivity contribution in [1.29, 1.82) is 0 Å². The number of nitrogens with zero attached hydrogens (tertiary/aromatic N) is 1. The fourth-order valence-corrected chi connectivity index (χ4v) is 2.02. The lowest BCUT2D eigenvalue weighted by molar-refractivity contribution is -0.136. The molecule has 0 N–H and O–H groups in total. The fraction of sp³-hybridized carbons (Fsp3) is 0.364. The quantitative estimate of drug-likeness (QED) is 0.807.